The molecule has 0 amide bonds. The lowest BCUT2D eigenvalue weighted by Gasteiger charge is -2.07. The lowest BCUT2D eigenvalue weighted by atomic mass is 9.99. The predicted molar refractivity (Wildman–Crippen MR) is 119 cm³/mol. The van der Waals surface area contributed by atoms with E-state index in [0.717, 1.165) is 11.4 Å². The van der Waals surface area contributed by atoms with Crippen LogP contribution in [-0.2, 0) is 0 Å². The van der Waals surface area contributed by atoms with Gasteiger partial charge in [0.05, 0.1) is 0 Å². The Bertz CT molecular complexity index is 1400. The first-order chi connectivity index (χ1) is 13.8. The van der Waals surface area contributed by atoms with Gasteiger partial charge in [-0.2, -0.15) is 0 Å². The molecule has 2 heteroatoms. The molecular formula is C26H18N2. The van der Waals surface area contributed by atoms with E-state index in [9.17, 15) is 0 Å². The molecule has 0 aliphatic carbocycles. The van der Waals surface area contributed by atoms with Gasteiger partial charge in [-0.3, -0.25) is 0 Å². The minimum Gasteiger partial charge on any atom is -0.355 e. The van der Waals surface area contributed by atoms with Crippen LogP contribution in [-0.4, -0.2) is 9.97 Å². The van der Waals surface area contributed by atoms with E-state index in [4.69, 9.17) is 0 Å². The second-order valence-electron chi connectivity index (χ2n) is 7.28. The van der Waals surface area contributed by atoms with Crippen LogP contribution in [0.2, 0.25) is 0 Å². The molecule has 4 aromatic carbocycles. The van der Waals surface area contributed by atoms with Gasteiger partial charge in [-0.1, -0.05) is 66.7 Å². The Morgan fingerprint density at radius 1 is 0.464 bits per heavy atom. The smallest absolute Gasteiger partial charge is 0.0471 e. The summed E-state index contributed by atoms with van der Waals surface area (Å²) < 4.78 is 0. The minimum absolute atomic E-state index is 1.15. The van der Waals surface area contributed by atoms with E-state index in [1.54, 1.807) is 0 Å². The largest absolute Gasteiger partial charge is 0.355 e. The standard InChI is InChI=1S/C26H18N2/c1-3-10-23-18(6-1)15-25(27-23)20-13-12-17-8-5-9-21(22(17)14-20)26-16-19-7-2-4-11-24(19)28-26/h1-16,27-28H. The fourth-order valence-electron chi connectivity index (χ4n) is 4.12. The van der Waals surface area contributed by atoms with E-state index in [-0.39, 0.29) is 0 Å². The molecule has 0 fully saturated rings. The van der Waals surface area contributed by atoms with Gasteiger partial charge in [0.1, 0.15) is 0 Å². The zero-order chi connectivity index (χ0) is 18.5. The number of hydrogen-bond acceptors (Lipinski definition) is 0. The van der Waals surface area contributed by atoms with Crippen molar-refractivity contribution in [1.82, 2.24) is 9.97 Å². The maximum absolute atomic E-state index is 3.58. The number of nitrogens with one attached hydrogen (secondary N) is 2. The van der Waals surface area contributed by atoms with Crippen LogP contribution in [0.3, 0.4) is 0 Å². The average molecular weight is 358 g/mol. The summed E-state index contributed by atoms with van der Waals surface area (Å²) in [5, 5.41) is 4.98. The van der Waals surface area contributed by atoms with Gasteiger partial charge in [-0.05, 0) is 46.7 Å². The van der Waals surface area contributed by atoms with Gasteiger partial charge in [0.25, 0.3) is 0 Å². The normalized spacial score (nSPS) is 11.6. The van der Waals surface area contributed by atoms with Crippen LogP contribution in [0.4, 0.5) is 0 Å². The van der Waals surface area contributed by atoms with Crippen LogP contribution in [0.1, 0.15) is 0 Å². The van der Waals surface area contributed by atoms with Crippen molar-refractivity contribution in [2.75, 3.05) is 0 Å². The van der Waals surface area contributed by atoms with Crippen LogP contribution in [0.5, 0.6) is 0 Å². The van der Waals surface area contributed by atoms with Crippen molar-refractivity contribution in [3.8, 4) is 22.5 Å². The van der Waals surface area contributed by atoms with Crippen LogP contribution in [0, 0.1) is 0 Å². The van der Waals surface area contributed by atoms with E-state index in [0.29, 0.717) is 0 Å². The SMILES string of the molecule is c1ccc2[nH]c(-c3ccc4cccc(-c5cc6ccccc6[nH]5)c4c3)cc2c1. The molecule has 0 aliphatic heterocycles. The second-order valence-corrected chi connectivity index (χ2v) is 7.28. The summed E-state index contributed by atoms with van der Waals surface area (Å²) in [6.07, 6.45) is 0. The molecule has 0 bridgehead atoms. The van der Waals surface area contributed by atoms with Gasteiger partial charge in [0, 0.05) is 38.8 Å². The Morgan fingerprint density at radius 3 is 1.86 bits per heavy atom. The van der Waals surface area contributed by atoms with E-state index in [1.165, 1.54) is 43.7 Å². The average Bonchev–Trinajstić information content (AvgIpc) is 3.37. The first-order valence-corrected chi connectivity index (χ1v) is 9.54. The number of fused-ring (bicyclic) bond motifs is 3. The third kappa shape index (κ3) is 2.35. The number of para-hydroxylation sites is 2. The Balaban J connectivity index is 1.56. The third-order valence-corrected chi connectivity index (χ3v) is 5.54. The summed E-state index contributed by atoms with van der Waals surface area (Å²) in [6.45, 7) is 0. The molecular weight excluding hydrogens is 340 g/mol. The number of rotatable bonds is 2. The molecule has 0 aliphatic rings. The fourth-order valence-corrected chi connectivity index (χ4v) is 4.12. The van der Waals surface area contributed by atoms with E-state index >= 15 is 0 Å². The van der Waals surface area contributed by atoms with Crippen molar-refractivity contribution in [1.29, 1.82) is 0 Å². The number of benzene rings is 4. The van der Waals surface area contributed by atoms with Gasteiger partial charge in [-0.15, -0.1) is 0 Å². The van der Waals surface area contributed by atoms with Gasteiger partial charge in [-0.25, -0.2) is 0 Å². The molecule has 0 saturated carbocycles. The van der Waals surface area contributed by atoms with Crippen LogP contribution < -0.4 is 0 Å². The zero-order valence-corrected chi connectivity index (χ0v) is 15.2. The minimum atomic E-state index is 1.15. The van der Waals surface area contributed by atoms with E-state index < -0.39 is 0 Å². The highest BCUT2D eigenvalue weighted by molar-refractivity contribution is 6.01. The zero-order valence-electron chi connectivity index (χ0n) is 15.2. The van der Waals surface area contributed by atoms with Crippen molar-refractivity contribution < 1.29 is 0 Å². The summed E-state index contributed by atoms with van der Waals surface area (Å²) in [5.41, 5.74) is 7.07. The van der Waals surface area contributed by atoms with Crippen molar-refractivity contribution >= 4 is 32.6 Å². The number of hydrogen-bond donors (Lipinski definition) is 2. The molecule has 2 heterocycles. The van der Waals surface area contributed by atoms with Crippen LogP contribution >= 0.6 is 0 Å². The molecule has 0 radical (unpaired) electrons. The molecule has 0 atom stereocenters. The topological polar surface area (TPSA) is 31.6 Å². The molecule has 6 aromatic rings. The molecule has 132 valence electrons. The van der Waals surface area contributed by atoms with Gasteiger partial charge >= 0.3 is 0 Å². The summed E-state index contributed by atoms with van der Waals surface area (Å²) in [6, 6.07) is 34.5. The fraction of sp³-hybridized carbons (Fsp3) is 0. The lowest BCUT2D eigenvalue weighted by Crippen LogP contribution is -1.84. The maximum Gasteiger partial charge on any atom is 0.0471 e. The van der Waals surface area contributed by atoms with Crippen molar-refractivity contribution in [3.05, 3.63) is 97.1 Å². The highest BCUT2D eigenvalue weighted by atomic mass is 14.7. The van der Waals surface area contributed by atoms with Gasteiger partial charge < -0.3 is 9.97 Å². The lowest BCUT2D eigenvalue weighted by molar-refractivity contribution is 1.45. The van der Waals surface area contributed by atoms with Crippen LogP contribution in [0.25, 0.3) is 55.1 Å². The number of H-pyrrole nitrogens is 2. The first kappa shape index (κ1) is 15.3. The molecule has 28 heavy (non-hydrogen) atoms. The maximum atomic E-state index is 3.58. The molecule has 0 unspecified atom stereocenters. The Morgan fingerprint density at radius 2 is 1.11 bits per heavy atom. The first-order valence-electron chi connectivity index (χ1n) is 9.54. The highest BCUT2D eigenvalue weighted by Gasteiger charge is 2.10. The predicted octanol–water partition coefficient (Wildman–Crippen LogP) is 7.14. The quantitative estimate of drug-likeness (QED) is 0.330. The molecule has 2 N–H and O–H groups in total. The monoisotopic (exact) mass is 358 g/mol. The molecule has 0 spiro atoms. The van der Waals surface area contributed by atoms with E-state index in [1.807, 2.05) is 0 Å². The Labute approximate surface area is 162 Å². The molecule has 2 nitrogen and oxygen atoms in total. The van der Waals surface area contributed by atoms with Crippen LogP contribution in [0.15, 0.2) is 97.1 Å². The number of aromatic amines is 2. The summed E-state index contributed by atoms with van der Waals surface area (Å²) in [7, 11) is 0. The van der Waals surface area contributed by atoms with Gasteiger partial charge in [0.2, 0.25) is 0 Å². The Hall–Kier alpha value is -3.78. The second kappa shape index (κ2) is 5.86. The summed E-state index contributed by atoms with van der Waals surface area (Å²) in [4.78, 5) is 7.13. The van der Waals surface area contributed by atoms with Gasteiger partial charge in [0.15, 0.2) is 0 Å². The van der Waals surface area contributed by atoms with Crippen molar-refractivity contribution in [2.45, 2.75) is 0 Å². The molecule has 6 rings (SSSR count). The molecule has 0 saturated heterocycles. The number of aromatic nitrogens is 2. The molecule has 2 aromatic heterocycles. The third-order valence-electron chi connectivity index (χ3n) is 5.54. The Kier molecular flexibility index (Phi) is 3.20. The van der Waals surface area contributed by atoms with Crippen molar-refractivity contribution in [3.63, 3.8) is 0 Å². The summed E-state index contributed by atoms with van der Waals surface area (Å²) in [5.74, 6) is 0. The van der Waals surface area contributed by atoms with Crippen molar-refractivity contribution in [2.24, 2.45) is 0 Å². The summed E-state index contributed by atoms with van der Waals surface area (Å²) >= 11 is 0. The highest BCUT2D eigenvalue weighted by Crippen LogP contribution is 2.34. The van der Waals surface area contributed by atoms with E-state index in [2.05, 4.69) is 107 Å².